The molecule has 2 aliphatic heterocycles. The van der Waals surface area contributed by atoms with Crippen molar-refractivity contribution in [3.8, 4) is 10.6 Å². The summed E-state index contributed by atoms with van der Waals surface area (Å²) in [6.07, 6.45) is 3.94. The quantitative estimate of drug-likeness (QED) is 0.452. The summed E-state index contributed by atoms with van der Waals surface area (Å²) in [5.74, 6) is 0.0256. The van der Waals surface area contributed by atoms with Crippen molar-refractivity contribution in [1.82, 2.24) is 29.4 Å². The highest BCUT2D eigenvalue weighted by Crippen LogP contribution is 2.31. The fourth-order valence-corrected chi connectivity index (χ4v) is 6.74. The molecule has 0 spiro atoms. The minimum Gasteiger partial charge on any atom is -0.352 e. The van der Waals surface area contributed by atoms with Crippen molar-refractivity contribution < 1.29 is 18.0 Å². The summed E-state index contributed by atoms with van der Waals surface area (Å²) < 4.78 is 27.7. The third kappa shape index (κ3) is 5.47. The van der Waals surface area contributed by atoms with Gasteiger partial charge in [-0.15, -0.1) is 11.3 Å². The number of sulfonamides is 1. The molecule has 35 heavy (non-hydrogen) atoms. The molecule has 11 nitrogen and oxygen atoms in total. The lowest BCUT2D eigenvalue weighted by Crippen LogP contribution is -2.46. The van der Waals surface area contributed by atoms with Crippen LogP contribution < -0.4 is 10.6 Å². The molecule has 0 aromatic carbocycles. The number of thiophene rings is 1. The van der Waals surface area contributed by atoms with Crippen LogP contribution in [0.1, 0.15) is 26.7 Å². The van der Waals surface area contributed by atoms with E-state index >= 15 is 0 Å². The minimum absolute atomic E-state index is 0.275. The normalized spacial score (nSPS) is 18.5. The number of hydrogen-bond acceptors (Lipinski definition) is 9. The number of hydrogen-bond donors (Lipinski definition) is 2. The van der Waals surface area contributed by atoms with Gasteiger partial charge in [-0.3, -0.25) is 10.1 Å². The molecule has 0 bridgehead atoms. The average Bonchev–Trinajstić information content (AvgIpc) is 3.55. The molecule has 0 atom stereocenters. The van der Waals surface area contributed by atoms with E-state index in [1.165, 1.54) is 33.4 Å². The highest BCUT2D eigenvalue weighted by atomic mass is 32.2. The van der Waals surface area contributed by atoms with Crippen LogP contribution in [0.15, 0.2) is 28.6 Å². The van der Waals surface area contributed by atoms with E-state index in [4.69, 9.17) is 0 Å². The lowest BCUT2D eigenvalue weighted by atomic mass is 10.0. The van der Waals surface area contributed by atoms with Gasteiger partial charge in [0.15, 0.2) is 0 Å². The molecule has 2 aromatic heterocycles. The number of nitrogens with zero attached hydrogens (tertiary/aromatic N) is 5. The van der Waals surface area contributed by atoms with Gasteiger partial charge in [-0.2, -0.15) is 4.31 Å². The van der Waals surface area contributed by atoms with Gasteiger partial charge in [0.05, 0.1) is 10.6 Å². The minimum atomic E-state index is -3.58. The third-order valence-electron chi connectivity index (χ3n) is 6.40. The molecule has 4 rings (SSSR count). The van der Waals surface area contributed by atoms with Crippen LogP contribution in [0.4, 0.5) is 10.7 Å². The van der Waals surface area contributed by atoms with Gasteiger partial charge in [0.25, 0.3) is 15.9 Å². The largest absolute Gasteiger partial charge is 0.352 e. The molecule has 2 aliphatic rings. The van der Waals surface area contributed by atoms with E-state index in [2.05, 4.69) is 25.5 Å². The second kappa shape index (κ2) is 10.2. The molecule has 0 unspecified atom stereocenters. The summed E-state index contributed by atoms with van der Waals surface area (Å²) in [5.41, 5.74) is -0.315. The van der Waals surface area contributed by atoms with Crippen molar-refractivity contribution in [2.24, 2.45) is 0 Å². The van der Waals surface area contributed by atoms with Crippen molar-refractivity contribution in [3.05, 3.63) is 24.4 Å². The van der Waals surface area contributed by atoms with E-state index < -0.39 is 21.6 Å². The van der Waals surface area contributed by atoms with Gasteiger partial charge in [-0.25, -0.2) is 23.2 Å². The summed E-state index contributed by atoms with van der Waals surface area (Å²) in [7, 11) is -1.96. The maximum Gasteiger partial charge on any atom is 0.325 e. The van der Waals surface area contributed by atoms with Crippen molar-refractivity contribution in [2.45, 2.75) is 36.4 Å². The first-order valence-corrected chi connectivity index (χ1v) is 13.8. The zero-order valence-electron chi connectivity index (χ0n) is 20.2. The van der Waals surface area contributed by atoms with Gasteiger partial charge >= 0.3 is 6.03 Å². The van der Waals surface area contributed by atoms with Crippen LogP contribution in [-0.4, -0.2) is 96.3 Å². The number of anilines is 1. The predicted octanol–water partition coefficient (Wildman–Crippen LogP) is 1.66. The van der Waals surface area contributed by atoms with Gasteiger partial charge in [0.2, 0.25) is 5.95 Å². The Morgan fingerprint density at radius 2 is 1.91 bits per heavy atom. The number of carbonyl (C=O) groups excluding carboxylic acids is 2. The first kappa shape index (κ1) is 25.5. The Bertz CT molecular complexity index is 1190. The molecule has 2 aromatic rings. The van der Waals surface area contributed by atoms with E-state index in [0.717, 1.165) is 19.6 Å². The molecular formula is C22H31N7O4S2. The zero-order chi connectivity index (χ0) is 25.2. The number of aromatic nitrogens is 2. The van der Waals surface area contributed by atoms with Crippen molar-refractivity contribution in [2.75, 3.05) is 51.6 Å². The van der Waals surface area contributed by atoms with Gasteiger partial charge in [0, 0.05) is 39.4 Å². The highest BCUT2D eigenvalue weighted by Gasteiger charge is 2.45. The van der Waals surface area contributed by atoms with E-state index in [1.54, 1.807) is 45.3 Å². The summed E-state index contributed by atoms with van der Waals surface area (Å²) in [5, 5.41) is 5.39. The number of likely N-dealkylation sites (N-methyl/N-ethyl adjacent to an activating group) is 1. The van der Waals surface area contributed by atoms with E-state index in [-0.39, 0.29) is 10.1 Å². The van der Waals surface area contributed by atoms with Gasteiger partial charge < -0.3 is 15.1 Å². The summed E-state index contributed by atoms with van der Waals surface area (Å²) in [6, 6.07) is 4.66. The van der Waals surface area contributed by atoms with Crippen molar-refractivity contribution in [3.63, 3.8) is 0 Å². The van der Waals surface area contributed by atoms with Gasteiger partial charge in [-0.1, -0.05) is 0 Å². The van der Waals surface area contributed by atoms with Crippen molar-refractivity contribution in [1.29, 1.82) is 0 Å². The number of nitrogens with one attached hydrogen (secondary N) is 2. The highest BCUT2D eigenvalue weighted by molar-refractivity contribution is 7.91. The fourth-order valence-electron chi connectivity index (χ4n) is 4.09. The van der Waals surface area contributed by atoms with Crippen LogP contribution in [0, 0.1) is 0 Å². The molecular weight excluding hydrogens is 490 g/mol. The van der Waals surface area contributed by atoms with Gasteiger partial charge in [0.1, 0.15) is 9.75 Å². The predicted molar refractivity (Wildman–Crippen MR) is 134 cm³/mol. The molecule has 0 radical (unpaired) electrons. The molecule has 0 saturated carbocycles. The number of likely N-dealkylation sites (tertiary alicyclic amines) is 1. The first-order chi connectivity index (χ1) is 16.6. The lowest BCUT2D eigenvalue weighted by Gasteiger charge is -2.27. The Balaban J connectivity index is 1.37. The van der Waals surface area contributed by atoms with Crippen LogP contribution in [0.25, 0.3) is 10.6 Å². The lowest BCUT2D eigenvalue weighted by molar-refractivity contribution is -0.125. The summed E-state index contributed by atoms with van der Waals surface area (Å²) in [6.45, 7) is 7.27. The Labute approximate surface area is 209 Å². The van der Waals surface area contributed by atoms with E-state index in [0.29, 0.717) is 36.2 Å². The zero-order valence-corrected chi connectivity index (χ0v) is 21.8. The molecule has 190 valence electrons. The molecule has 3 amide bonds. The van der Waals surface area contributed by atoms with Crippen molar-refractivity contribution >= 4 is 39.2 Å². The maximum atomic E-state index is 13.0. The Kier molecular flexibility index (Phi) is 7.40. The second-order valence-corrected chi connectivity index (χ2v) is 12.5. The topological polar surface area (TPSA) is 128 Å². The molecule has 2 fully saturated rings. The van der Waals surface area contributed by atoms with E-state index in [9.17, 15) is 18.0 Å². The molecule has 0 aliphatic carbocycles. The second-order valence-electron chi connectivity index (χ2n) is 9.16. The van der Waals surface area contributed by atoms with Crippen LogP contribution in [-0.2, 0) is 14.8 Å². The fraction of sp³-hybridized carbons (Fsp3) is 0.545. The van der Waals surface area contributed by atoms with Crippen LogP contribution in [0.5, 0.6) is 0 Å². The van der Waals surface area contributed by atoms with Gasteiger partial charge in [-0.05, 0) is 58.0 Å². The number of carbonyl (C=O) groups is 2. The molecule has 2 saturated heterocycles. The Hall–Kier alpha value is -2.61. The summed E-state index contributed by atoms with van der Waals surface area (Å²) >= 11 is 1.17. The summed E-state index contributed by atoms with van der Waals surface area (Å²) in [4.78, 5) is 37.1. The monoisotopic (exact) mass is 521 g/mol. The third-order valence-corrected chi connectivity index (χ3v) is 9.83. The smallest absolute Gasteiger partial charge is 0.325 e. The van der Waals surface area contributed by atoms with E-state index in [1.807, 2.05) is 0 Å². The van der Waals surface area contributed by atoms with Crippen LogP contribution in [0.2, 0.25) is 0 Å². The van der Waals surface area contributed by atoms with Crippen LogP contribution in [0.3, 0.4) is 0 Å². The standard InChI is InChI=1S/C22H31N7O4S2/c1-22(2)19(30)26-21(31)29(22)13-10-24-20-23-9-8-16(25-20)17-6-7-18(34-17)35(32,33)27(3)14-15-28-11-4-5-12-28/h6-9H,4-5,10-15H2,1-3H3,(H,23,24,25)(H,26,30,31). The number of imide groups is 1. The number of urea groups is 1. The Morgan fingerprint density at radius 1 is 1.17 bits per heavy atom. The first-order valence-electron chi connectivity index (χ1n) is 11.6. The molecule has 2 N–H and O–H groups in total. The van der Waals surface area contributed by atoms with Crippen LogP contribution >= 0.6 is 11.3 Å². The maximum absolute atomic E-state index is 13.0. The number of rotatable bonds is 10. The SMILES string of the molecule is CN(CCN1CCCC1)S(=O)(=O)c1ccc(-c2ccnc(NCCN3C(=O)NC(=O)C3(C)C)n2)s1. The molecule has 4 heterocycles. The molecule has 13 heteroatoms. The average molecular weight is 522 g/mol. The number of amides is 3. The Morgan fingerprint density at radius 3 is 2.60 bits per heavy atom.